The van der Waals surface area contributed by atoms with Crippen molar-refractivity contribution in [1.82, 2.24) is 4.90 Å². The van der Waals surface area contributed by atoms with Gasteiger partial charge in [-0.1, -0.05) is 0 Å². The van der Waals surface area contributed by atoms with Crippen molar-refractivity contribution in [1.29, 1.82) is 0 Å². The van der Waals surface area contributed by atoms with Gasteiger partial charge in [0, 0.05) is 19.2 Å². The van der Waals surface area contributed by atoms with Crippen LogP contribution in [0.2, 0.25) is 0 Å². The number of nitrogens with zero attached hydrogens (tertiary/aromatic N) is 1. The lowest BCUT2D eigenvalue weighted by Crippen LogP contribution is -2.44. The third kappa shape index (κ3) is 2.98. The third-order valence-corrected chi connectivity index (χ3v) is 4.59. The summed E-state index contributed by atoms with van der Waals surface area (Å²) in [5.74, 6) is -0.244. The molecule has 0 aromatic carbocycles. The Balaban J connectivity index is 1.94. The Morgan fingerprint density at radius 1 is 1.47 bits per heavy atom. The Morgan fingerprint density at radius 2 is 2.12 bits per heavy atom. The van der Waals surface area contributed by atoms with Gasteiger partial charge in [0.25, 0.3) is 0 Å². The van der Waals surface area contributed by atoms with E-state index >= 15 is 0 Å². The predicted molar refractivity (Wildman–Crippen MR) is 63.2 cm³/mol. The first-order chi connectivity index (χ1) is 7.82. The Hall–Kier alpha value is -0.620. The van der Waals surface area contributed by atoms with Gasteiger partial charge in [0.05, 0.1) is 17.4 Å². The molecule has 17 heavy (non-hydrogen) atoms. The Bertz CT molecular complexity index is 413. The van der Waals surface area contributed by atoms with Gasteiger partial charge in [-0.3, -0.25) is 4.79 Å². The maximum absolute atomic E-state index is 11.9. The summed E-state index contributed by atoms with van der Waals surface area (Å²) in [6.07, 6.45) is 4.42. The van der Waals surface area contributed by atoms with Crippen LogP contribution in [0, 0.1) is 0 Å². The smallest absolute Gasteiger partial charge is 0.223 e. The number of sulfone groups is 1. The average molecular weight is 261 g/mol. The van der Waals surface area contributed by atoms with E-state index in [2.05, 4.69) is 0 Å². The van der Waals surface area contributed by atoms with Crippen molar-refractivity contribution in [3.05, 3.63) is 0 Å². The quantitative estimate of drug-likeness (QED) is 0.769. The Morgan fingerprint density at radius 3 is 2.65 bits per heavy atom. The highest BCUT2D eigenvalue weighted by Crippen LogP contribution is 2.44. The first kappa shape index (κ1) is 12.8. The fourth-order valence-corrected chi connectivity index (χ4v) is 3.05. The van der Waals surface area contributed by atoms with E-state index in [1.54, 1.807) is 4.90 Å². The first-order valence-electron chi connectivity index (χ1n) is 6.01. The zero-order valence-electron chi connectivity index (χ0n) is 10.1. The standard InChI is InChI=1S/C11H19NO4S/c1-17(15,16)8-4-10(13)12-7-2-3-9(12)11(14)5-6-11/h9,14H,2-8H2,1H3. The van der Waals surface area contributed by atoms with Crippen LogP contribution in [0.5, 0.6) is 0 Å². The minimum Gasteiger partial charge on any atom is -0.388 e. The molecule has 5 nitrogen and oxygen atoms in total. The SMILES string of the molecule is CS(=O)(=O)CCC(=O)N1CCCC1C1(O)CC1. The van der Waals surface area contributed by atoms with Crippen LogP contribution >= 0.6 is 0 Å². The molecule has 1 saturated carbocycles. The van der Waals surface area contributed by atoms with Crippen LogP contribution in [-0.4, -0.2) is 54.5 Å². The van der Waals surface area contributed by atoms with Crippen molar-refractivity contribution in [2.75, 3.05) is 18.6 Å². The van der Waals surface area contributed by atoms with Gasteiger partial charge in [-0.25, -0.2) is 8.42 Å². The van der Waals surface area contributed by atoms with Crippen LogP contribution in [0.4, 0.5) is 0 Å². The Kier molecular flexibility index (Phi) is 3.20. The number of amides is 1. The van der Waals surface area contributed by atoms with Crippen LogP contribution in [0.1, 0.15) is 32.1 Å². The van der Waals surface area contributed by atoms with Crippen LogP contribution in [0.25, 0.3) is 0 Å². The molecule has 2 aliphatic rings. The molecule has 1 aliphatic heterocycles. The lowest BCUT2D eigenvalue weighted by Gasteiger charge is -2.28. The van der Waals surface area contributed by atoms with Gasteiger partial charge in [-0.15, -0.1) is 0 Å². The number of hydrogen-bond donors (Lipinski definition) is 1. The zero-order valence-corrected chi connectivity index (χ0v) is 10.9. The van der Waals surface area contributed by atoms with Gasteiger partial charge in [-0.2, -0.15) is 0 Å². The molecule has 6 heteroatoms. The van der Waals surface area contributed by atoms with Crippen LogP contribution in [0.15, 0.2) is 0 Å². The van der Waals surface area contributed by atoms with E-state index in [0.29, 0.717) is 6.54 Å². The summed E-state index contributed by atoms with van der Waals surface area (Å²) < 4.78 is 22.0. The maximum atomic E-state index is 11.9. The van der Waals surface area contributed by atoms with Crippen molar-refractivity contribution in [2.45, 2.75) is 43.7 Å². The highest BCUT2D eigenvalue weighted by atomic mass is 32.2. The molecule has 0 aromatic heterocycles. The summed E-state index contributed by atoms with van der Waals surface area (Å²) in [6, 6.07) is -0.0884. The van der Waals surface area contributed by atoms with Gasteiger partial charge in [0.2, 0.25) is 5.91 Å². The zero-order chi connectivity index (χ0) is 12.7. The van der Waals surface area contributed by atoms with Crippen LogP contribution < -0.4 is 0 Å². The summed E-state index contributed by atoms with van der Waals surface area (Å²) in [5.41, 5.74) is -0.683. The molecular formula is C11H19NO4S. The molecule has 2 fully saturated rings. The minimum atomic E-state index is -3.10. The molecule has 1 saturated heterocycles. The number of carbonyl (C=O) groups excluding carboxylic acids is 1. The monoisotopic (exact) mass is 261 g/mol. The normalized spacial score (nSPS) is 27.2. The average Bonchev–Trinajstić information content (AvgIpc) is 2.80. The molecule has 0 spiro atoms. The van der Waals surface area contributed by atoms with E-state index in [1.807, 2.05) is 0 Å². The van der Waals surface area contributed by atoms with E-state index < -0.39 is 15.4 Å². The first-order valence-corrected chi connectivity index (χ1v) is 8.07. The molecule has 1 heterocycles. The molecule has 1 N–H and O–H groups in total. The molecule has 1 atom stereocenters. The van der Waals surface area contributed by atoms with Crippen molar-refractivity contribution < 1.29 is 18.3 Å². The number of rotatable bonds is 4. The number of likely N-dealkylation sites (tertiary alicyclic amines) is 1. The maximum Gasteiger partial charge on any atom is 0.223 e. The van der Waals surface area contributed by atoms with Gasteiger partial charge >= 0.3 is 0 Å². The van der Waals surface area contributed by atoms with Crippen LogP contribution in [-0.2, 0) is 14.6 Å². The molecular weight excluding hydrogens is 242 g/mol. The van der Waals surface area contributed by atoms with E-state index in [-0.39, 0.29) is 24.1 Å². The largest absolute Gasteiger partial charge is 0.388 e. The fourth-order valence-electron chi connectivity index (χ4n) is 2.50. The molecule has 0 bridgehead atoms. The summed E-state index contributed by atoms with van der Waals surface area (Å²) in [5, 5.41) is 10.1. The van der Waals surface area contributed by atoms with E-state index in [0.717, 1.165) is 31.9 Å². The van der Waals surface area contributed by atoms with E-state index in [1.165, 1.54) is 0 Å². The second kappa shape index (κ2) is 4.24. The van der Waals surface area contributed by atoms with Crippen molar-refractivity contribution >= 4 is 15.7 Å². The summed E-state index contributed by atoms with van der Waals surface area (Å²) in [6.45, 7) is 0.648. The highest BCUT2D eigenvalue weighted by Gasteiger charge is 2.52. The summed E-state index contributed by atoms with van der Waals surface area (Å²) in [4.78, 5) is 13.6. The number of aliphatic hydroxyl groups is 1. The van der Waals surface area contributed by atoms with E-state index in [4.69, 9.17) is 0 Å². The van der Waals surface area contributed by atoms with Crippen molar-refractivity contribution in [2.24, 2.45) is 0 Å². The number of hydrogen-bond acceptors (Lipinski definition) is 4. The molecule has 2 rings (SSSR count). The molecule has 1 amide bonds. The minimum absolute atomic E-state index is 0.0331. The van der Waals surface area contributed by atoms with Crippen LogP contribution in [0.3, 0.4) is 0 Å². The molecule has 1 unspecified atom stereocenters. The topological polar surface area (TPSA) is 74.7 Å². The van der Waals surface area contributed by atoms with Gasteiger partial charge in [0.15, 0.2) is 0 Å². The lowest BCUT2D eigenvalue weighted by molar-refractivity contribution is -0.134. The van der Waals surface area contributed by atoms with Gasteiger partial charge in [0.1, 0.15) is 9.84 Å². The molecule has 98 valence electrons. The fraction of sp³-hybridized carbons (Fsp3) is 0.909. The summed E-state index contributed by atoms with van der Waals surface area (Å²) in [7, 11) is -3.10. The second-order valence-corrected chi connectivity index (χ2v) is 7.49. The van der Waals surface area contributed by atoms with E-state index in [9.17, 15) is 18.3 Å². The van der Waals surface area contributed by atoms with Gasteiger partial charge in [-0.05, 0) is 25.7 Å². The molecule has 0 radical (unpaired) electrons. The van der Waals surface area contributed by atoms with Crippen molar-refractivity contribution in [3.8, 4) is 0 Å². The lowest BCUT2D eigenvalue weighted by atomic mass is 10.1. The number of carbonyl (C=O) groups is 1. The highest BCUT2D eigenvalue weighted by molar-refractivity contribution is 7.90. The third-order valence-electron chi connectivity index (χ3n) is 3.64. The predicted octanol–water partition coefficient (Wildman–Crippen LogP) is -0.0630. The molecule has 0 aromatic rings. The summed E-state index contributed by atoms with van der Waals surface area (Å²) >= 11 is 0. The second-order valence-electron chi connectivity index (χ2n) is 5.23. The van der Waals surface area contributed by atoms with Gasteiger partial charge < -0.3 is 10.0 Å². The van der Waals surface area contributed by atoms with Crippen molar-refractivity contribution in [3.63, 3.8) is 0 Å². The Labute approximate surface area is 102 Å². The molecule has 1 aliphatic carbocycles.